The van der Waals surface area contributed by atoms with Gasteiger partial charge in [-0.15, -0.1) is 0 Å². The van der Waals surface area contributed by atoms with Gasteiger partial charge in [0, 0.05) is 27.9 Å². The standard InChI is InChI=1S/C15H17IN2/c1-11-6-5-9-18-14(11)10-15(17-2)12-7-3-4-8-13(12)16/h3-9,15,17H,10H2,1-2H3. The number of rotatable bonds is 4. The molecule has 1 aromatic heterocycles. The first-order valence-electron chi connectivity index (χ1n) is 6.04. The van der Waals surface area contributed by atoms with Crippen molar-refractivity contribution < 1.29 is 0 Å². The summed E-state index contributed by atoms with van der Waals surface area (Å²) in [5.41, 5.74) is 3.76. The van der Waals surface area contributed by atoms with Crippen molar-refractivity contribution in [1.82, 2.24) is 10.3 Å². The van der Waals surface area contributed by atoms with E-state index in [1.54, 1.807) is 0 Å². The van der Waals surface area contributed by atoms with E-state index in [1.165, 1.54) is 14.7 Å². The SMILES string of the molecule is CNC(Cc1ncccc1C)c1ccccc1I. The van der Waals surface area contributed by atoms with Gasteiger partial charge in [-0.25, -0.2) is 0 Å². The second-order valence-corrected chi connectivity index (χ2v) is 5.50. The molecule has 0 aliphatic carbocycles. The van der Waals surface area contributed by atoms with E-state index in [0.29, 0.717) is 6.04 Å². The van der Waals surface area contributed by atoms with Crippen LogP contribution in [0.1, 0.15) is 22.9 Å². The van der Waals surface area contributed by atoms with E-state index < -0.39 is 0 Å². The number of likely N-dealkylation sites (N-methyl/N-ethyl adjacent to an activating group) is 1. The molecule has 94 valence electrons. The van der Waals surface area contributed by atoms with E-state index in [-0.39, 0.29) is 0 Å². The van der Waals surface area contributed by atoms with Gasteiger partial charge in [-0.3, -0.25) is 4.98 Å². The number of pyridine rings is 1. The zero-order valence-corrected chi connectivity index (χ0v) is 12.8. The summed E-state index contributed by atoms with van der Waals surface area (Å²) in [5.74, 6) is 0. The van der Waals surface area contributed by atoms with Gasteiger partial charge >= 0.3 is 0 Å². The predicted molar refractivity (Wildman–Crippen MR) is 83.6 cm³/mol. The maximum Gasteiger partial charge on any atom is 0.0451 e. The molecule has 1 heterocycles. The van der Waals surface area contributed by atoms with E-state index in [0.717, 1.165) is 12.1 Å². The fourth-order valence-electron chi connectivity index (χ4n) is 2.05. The number of hydrogen-bond acceptors (Lipinski definition) is 2. The van der Waals surface area contributed by atoms with Crippen molar-refractivity contribution in [2.24, 2.45) is 0 Å². The molecule has 0 aliphatic rings. The van der Waals surface area contributed by atoms with Crippen molar-refractivity contribution in [2.75, 3.05) is 7.05 Å². The minimum atomic E-state index is 0.312. The van der Waals surface area contributed by atoms with Gasteiger partial charge in [-0.2, -0.15) is 0 Å². The quantitative estimate of drug-likeness (QED) is 0.852. The molecule has 1 N–H and O–H groups in total. The van der Waals surface area contributed by atoms with Crippen LogP contribution in [0.25, 0.3) is 0 Å². The summed E-state index contributed by atoms with van der Waals surface area (Å²) in [4.78, 5) is 4.48. The van der Waals surface area contributed by atoms with E-state index in [1.807, 2.05) is 19.3 Å². The molecule has 18 heavy (non-hydrogen) atoms. The highest BCUT2D eigenvalue weighted by Crippen LogP contribution is 2.23. The molecular formula is C15H17IN2. The van der Waals surface area contributed by atoms with Crippen LogP contribution in [0.5, 0.6) is 0 Å². The molecule has 1 unspecified atom stereocenters. The summed E-state index contributed by atoms with van der Waals surface area (Å²) < 4.78 is 1.29. The van der Waals surface area contributed by atoms with Gasteiger partial charge in [0.1, 0.15) is 0 Å². The van der Waals surface area contributed by atoms with Crippen molar-refractivity contribution in [2.45, 2.75) is 19.4 Å². The van der Waals surface area contributed by atoms with Crippen molar-refractivity contribution in [3.63, 3.8) is 0 Å². The molecule has 3 heteroatoms. The van der Waals surface area contributed by atoms with Crippen molar-refractivity contribution in [3.05, 3.63) is 63.0 Å². The molecule has 0 saturated carbocycles. The van der Waals surface area contributed by atoms with Crippen LogP contribution in [-0.4, -0.2) is 12.0 Å². The van der Waals surface area contributed by atoms with Gasteiger partial charge in [0.25, 0.3) is 0 Å². The zero-order valence-electron chi connectivity index (χ0n) is 10.7. The fraction of sp³-hybridized carbons (Fsp3) is 0.267. The average Bonchev–Trinajstić information content (AvgIpc) is 2.39. The zero-order chi connectivity index (χ0) is 13.0. The molecule has 2 nitrogen and oxygen atoms in total. The Morgan fingerprint density at radius 2 is 2.00 bits per heavy atom. The van der Waals surface area contributed by atoms with Crippen molar-refractivity contribution in [1.29, 1.82) is 0 Å². The van der Waals surface area contributed by atoms with Crippen molar-refractivity contribution >= 4 is 22.6 Å². The third-order valence-electron chi connectivity index (χ3n) is 3.14. The summed E-state index contributed by atoms with van der Waals surface area (Å²) >= 11 is 2.39. The number of aryl methyl sites for hydroxylation is 1. The minimum absolute atomic E-state index is 0.312. The summed E-state index contributed by atoms with van der Waals surface area (Å²) in [6, 6.07) is 12.9. The molecular weight excluding hydrogens is 335 g/mol. The lowest BCUT2D eigenvalue weighted by atomic mass is 10.00. The molecule has 0 radical (unpaired) electrons. The summed E-state index contributed by atoms with van der Waals surface area (Å²) in [7, 11) is 2.01. The Labute approximate surface area is 122 Å². The fourth-order valence-corrected chi connectivity index (χ4v) is 2.81. The Morgan fingerprint density at radius 1 is 1.22 bits per heavy atom. The van der Waals surface area contributed by atoms with E-state index in [4.69, 9.17) is 0 Å². The van der Waals surface area contributed by atoms with Gasteiger partial charge < -0.3 is 5.32 Å². The lowest BCUT2D eigenvalue weighted by Gasteiger charge is -2.18. The molecule has 0 fully saturated rings. The molecule has 2 rings (SSSR count). The minimum Gasteiger partial charge on any atom is -0.313 e. The number of halogens is 1. The Kier molecular flexibility index (Phi) is 4.72. The summed E-state index contributed by atoms with van der Waals surface area (Å²) in [6.07, 6.45) is 2.79. The lowest BCUT2D eigenvalue weighted by Crippen LogP contribution is -2.20. The Morgan fingerprint density at radius 3 is 2.67 bits per heavy atom. The van der Waals surface area contributed by atoms with Gasteiger partial charge in [-0.05, 0) is 59.8 Å². The summed E-state index contributed by atoms with van der Waals surface area (Å²) in [6.45, 7) is 2.12. The van der Waals surface area contributed by atoms with Crippen LogP contribution >= 0.6 is 22.6 Å². The predicted octanol–water partition coefficient (Wildman–Crippen LogP) is 3.50. The number of aromatic nitrogens is 1. The van der Waals surface area contributed by atoms with Gasteiger partial charge in [0.15, 0.2) is 0 Å². The molecule has 0 spiro atoms. The molecule has 0 bridgehead atoms. The highest BCUT2D eigenvalue weighted by atomic mass is 127. The first kappa shape index (κ1) is 13.5. The number of nitrogens with one attached hydrogen (secondary N) is 1. The summed E-state index contributed by atoms with van der Waals surface area (Å²) in [5, 5.41) is 3.39. The van der Waals surface area contributed by atoms with Crippen LogP contribution in [0, 0.1) is 10.5 Å². The van der Waals surface area contributed by atoms with Crippen molar-refractivity contribution in [3.8, 4) is 0 Å². The Hall–Kier alpha value is -0.940. The van der Waals surface area contributed by atoms with Crippen LogP contribution in [0.2, 0.25) is 0 Å². The van der Waals surface area contributed by atoms with Crippen LogP contribution in [0.4, 0.5) is 0 Å². The molecule has 0 amide bonds. The highest BCUT2D eigenvalue weighted by Gasteiger charge is 2.14. The first-order chi connectivity index (χ1) is 8.72. The monoisotopic (exact) mass is 352 g/mol. The van der Waals surface area contributed by atoms with Crippen LogP contribution in [0.3, 0.4) is 0 Å². The number of nitrogens with zero attached hydrogens (tertiary/aromatic N) is 1. The average molecular weight is 352 g/mol. The largest absolute Gasteiger partial charge is 0.313 e. The molecule has 1 aromatic carbocycles. The molecule has 2 aromatic rings. The number of benzene rings is 1. The Balaban J connectivity index is 2.26. The third-order valence-corrected chi connectivity index (χ3v) is 4.13. The van der Waals surface area contributed by atoms with E-state index in [2.05, 4.69) is 70.1 Å². The van der Waals surface area contributed by atoms with Gasteiger partial charge in [-0.1, -0.05) is 24.3 Å². The molecule has 0 saturated heterocycles. The Bertz CT molecular complexity index is 525. The lowest BCUT2D eigenvalue weighted by molar-refractivity contribution is 0.580. The second kappa shape index (κ2) is 6.29. The highest BCUT2D eigenvalue weighted by molar-refractivity contribution is 14.1. The topological polar surface area (TPSA) is 24.9 Å². The second-order valence-electron chi connectivity index (χ2n) is 4.33. The molecule has 1 atom stereocenters. The van der Waals surface area contributed by atoms with Crippen LogP contribution < -0.4 is 5.32 Å². The first-order valence-corrected chi connectivity index (χ1v) is 7.12. The third kappa shape index (κ3) is 3.09. The number of hydrogen-bond donors (Lipinski definition) is 1. The van der Waals surface area contributed by atoms with E-state index >= 15 is 0 Å². The molecule has 0 aliphatic heterocycles. The van der Waals surface area contributed by atoms with Crippen LogP contribution in [-0.2, 0) is 6.42 Å². The van der Waals surface area contributed by atoms with Gasteiger partial charge in [0.05, 0.1) is 0 Å². The normalized spacial score (nSPS) is 12.4. The van der Waals surface area contributed by atoms with E-state index in [9.17, 15) is 0 Å². The van der Waals surface area contributed by atoms with Crippen LogP contribution in [0.15, 0.2) is 42.6 Å². The maximum atomic E-state index is 4.48. The van der Waals surface area contributed by atoms with Gasteiger partial charge in [0.2, 0.25) is 0 Å². The maximum absolute atomic E-state index is 4.48. The smallest absolute Gasteiger partial charge is 0.0451 e.